The second-order valence-corrected chi connectivity index (χ2v) is 5.03. The second-order valence-electron chi connectivity index (χ2n) is 4.59. The Morgan fingerprint density at radius 1 is 1.11 bits per heavy atom. The van der Waals surface area contributed by atoms with Crippen molar-refractivity contribution in [1.82, 2.24) is 4.90 Å². The third kappa shape index (κ3) is 3.03. The molecule has 0 atom stereocenters. The summed E-state index contributed by atoms with van der Waals surface area (Å²) >= 11 is 6.05. The van der Waals surface area contributed by atoms with Crippen molar-refractivity contribution in [2.24, 2.45) is 0 Å². The predicted octanol–water partition coefficient (Wildman–Crippen LogP) is 3.77. The van der Waals surface area contributed by atoms with E-state index in [9.17, 15) is 5.11 Å². The molecule has 0 radical (unpaired) electrons. The highest BCUT2D eigenvalue weighted by Crippen LogP contribution is 2.29. The highest BCUT2D eigenvalue weighted by Gasteiger charge is 2.07. The molecule has 0 heterocycles. The number of phenolic OH excluding ortho intramolecular Hbond substituents is 1. The third-order valence-electron chi connectivity index (χ3n) is 2.71. The quantitative estimate of drug-likeness (QED) is 0.909. The van der Waals surface area contributed by atoms with Crippen molar-refractivity contribution in [3.63, 3.8) is 0 Å². The van der Waals surface area contributed by atoms with Crippen LogP contribution in [0.25, 0.3) is 11.1 Å². The number of hydrogen-bond acceptors (Lipinski definition) is 2. The van der Waals surface area contributed by atoms with Gasteiger partial charge in [-0.05, 0) is 55.1 Å². The number of rotatable bonds is 3. The van der Waals surface area contributed by atoms with E-state index in [2.05, 4.69) is 4.90 Å². The zero-order chi connectivity index (χ0) is 13.1. The third-order valence-corrected chi connectivity index (χ3v) is 2.95. The lowest BCUT2D eigenvalue weighted by Gasteiger charge is -2.15. The molecule has 2 aromatic rings. The minimum atomic E-state index is 0.276. The fourth-order valence-electron chi connectivity index (χ4n) is 1.99. The van der Waals surface area contributed by atoms with Crippen LogP contribution in [0.5, 0.6) is 5.75 Å². The maximum atomic E-state index is 9.57. The van der Waals surface area contributed by atoms with Crippen LogP contribution in [-0.4, -0.2) is 24.1 Å². The van der Waals surface area contributed by atoms with Crippen LogP contribution in [0.1, 0.15) is 5.56 Å². The summed E-state index contributed by atoms with van der Waals surface area (Å²) in [4.78, 5) is 2.10. The summed E-state index contributed by atoms with van der Waals surface area (Å²) in [7, 11) is 4.04. The summed E-state index contributed by atoms with van der Waals surface area (Å²) < 4.78 is 0. The Balaban J connectivity index is 2.49. The van der Waals surface area contributed by atoms with Crippen LogP contribution < -0.4 is 0 Å². The molecule has 1 N–H and O–H groups in total. The number of phenols is 1. The maximum absolute atomic E-state index is 9.57. The van der Waals surface area contributed by atoms with Crippen molar-refractivity contribution in [2.75, 3.05) is 14.1 Å². The van der Waals surface area contributed by atoms with E-state index in [1.165, 1.54) is 0 Å². The Bertz CT molecular complexity index is 552. The molecular weight excluding hydrogens is 246 g/mol. The van der Waals surface area contributed by atoms with Gasteiger partial charge in [-0.1, -0.05) is 29.8 Å². The molecule has 0 saturated heterocycles. The van der Waals surface area contributed by atoms with Crippen LogP contribution >= 0.6 is 11.6 Å². The molecule has 0 aliphatic rings. The summed E-state index contributed by atoms with van der Waals surface area (Å²) in [5, 5.41) is 10.3. The molecule has 0 amide bonds. The molecule has 0 bridgehead atoms. The molecule has 0 aliphatic carbocycles. The number of aromatic hydroxyl groups is 1. The number of halogens is 1. The van der Waals surface area contributed by atoms with Crippen molar-refractivity contribution in [1.29, 1.82) is 0 Å². The van der Waals surface area contributed by atoms with Crippen LogP contribution in [0.4, 0.5) is 0 Å². The molecular formula is C15H16ClNO. The van der Waals surface area contributed by atoms with Crippen molar-refractivity contribution in [3.05, 3.63) is 53.1 Å². The Morgan fingerprint density at radius 2 is 1.89 bits per heavy atom. The predicted molar refractivity (Wildman–Crippen MR) is 75.9 cm³/mol. The summed E-state index contributed by atoms with van der Waals surface area (Å²) in [6.45, 7) is 0.811. The van der Waals surface area contributed by atoms with E-state index in [0.717, 1.165) is 28.3 Å². The molecule has 94 valence electrons. The van der Waals surface area contributed by atoms with Crippen LogP contribution in [0.2, 0.25) is 5.02 Å². The molecule has 0 aromatic heterocycles. The largest absolute Gasteiger partial charge is 0.508 e. The Labute approximate surface area is 112 Å². The van der Waals surface area contributed by atoms with E-state index in [4.69, 9.17) is 11.6 Å². The first-order chi connectivity index (χ1) is 8.56. The van der Waals surface area contributed by atoms with E-state index in [0.29, 0.717) is 0 Å². The van der Waals surface area contributed by atoms with Crippen molar-refractivity contribution in [2.45, 2.75) is 6.54 Å². The molecule has 2 rings (SSSR count). The van der Waals surface area contributed by atoms with Gasteiger partial charge in [0.25, 0.3) is 0 Å². The lowest BCUT2D eigenvalue weighted by atomic mass is 9.99. The van der Waals surface area contributed by atoms with Gasteiger partial charge < -0.3 is 10.0 Å². The van der Waals surface area contributed by atoms with Crippen LogP contribution in [0, 0.1) is 0 Å². The standard InChI is InChI=1S/C15H16ClNO/c1-17(2)10-12-8-13(16)6-7-15(12)11-4-3-5-14(18)9-11/h3-9,18H,10H2,1-2H3. The molecule has 0 aliphatic heterocycles. The molecule has 0 unspecified atom stereocenters. The van der Waals surface area contributed by atoms with E-state index >= 15 is 0 Å². The van der Waals surface area contributed by atoms with Gasteiger partial charge in [0.15, 0.2) is 0 Å². The first-order valence-electron chi connectivity index (χ1n) is 5.79. The first-order valence-corrected chi connectivity index (χ1v) is 6.16. The lowest BCUT2D eigenvalue weighted by Crippen LogP contribution is -2.11. The summed E-state index contributed by atoms with van der Waals surface area (Å²) in [5.41, 5.74) is 3.26. The Morgan fingerprint density at radius 3 is 2.56 bits per heavy atom. The summed E-state index contributed by atoms with van der Waals surface area (Å²) in [6, 6.07) is 13.1. The fourth-order valence-corrected chi connectivity index (χ4v) is 2.18. The van der Waals surface area contributed by atoms with Gasteiger partial charge in [-0.15, -0.1) is 0 Å². The van der Waals surface area contributed by atoms with E-state index in [1.54, 1.807) is 12.1 Å². The Hall–Kier alpha value is -1.51. The molecule has 0 spiro atoms. The number of benzene rings is 2. The molecule has 0 fully saturated rings. The molecule has 2 nitrogen and oxygen atoms in total. The highest BCUT2D eigenvalue weighted by atomic mass is 35.5. The van der Waals surface area contributed by atoms with Gasteiger partial charge in [0, 0.05) is 11.6 Å². The summed E-state index contributed by atoms with van der Waals surface area (Å²) in [6.07, 6.45) is 0. The smallest absolute Gasteiger partial charge is 0.116 e. The molecule has 0 saturated carbocycles. The topological polar surface area (TPSA) is 23.5 Å². The second kappa shape index (κ2) is 5.42. The zero-order valence-corrected chi connectivity index (χ0v) is 11.3. The van der Waals surface area contributed by atoms with E-state index < -0.39 is 0 Å². The molecule has 3 heteroatoms. The maximum Gasteiger partial charge on any atom is 0.116 e. The Kier molecular flexibility index (Phi) is 3.90. The minimum Gasteiger partial charge on any atom is -0.508 e. The van der Waals surface area contributed by atoms with Gasteiger partial charge in [-0.3, -0.25) is 0 Å². The van der Waals surface area contributed by atoms with Gasteiger partial charge >= 0.3 is 0 Å². The van der Waals surface area contributed by atoms with Crippen molar-refractivity contribution in [3.8, 4) is 16.9 Å². The zero-order valence-electron chi connectivity index (χ0n) is 10.5. The molecule has 2 aromatic carbocycles. The van der Waals surface area contributed by atoms with Gasteiger partial charge in [-0.25, -0.2) is 0 Å². The van der Waals surface area contributed by atoms with Crippen LogP contribution in [0.3, 0.4) is 0 Å². The minimum absolute atomic E-state index is 0.276. The normalized spacial score (nSPS) is 10.9. The van der Waals surface area contributed by atoms with Gasteiger partial charge in [0.1, 0.15) is 5.75 Å². The SMILES string of the molecule is CN(C)Cc1cc(Cl)ccc1-c1cccc(O)c1. The van der Waals surface area contributed by atoms with Crippen LogP contribution in [0.15, 0.2) is 42.5 Å². The molecule has 18 heavy (non-hydrogen) atoms. The van der Waals surface area contributed by atoms with E-state index in [1.807, 2.05) is 44.4 Å². The average Bonchev–Trinajstić information content (AvgIpc) is 2.28. The first kappa shape index (κ1) is 12.9. The van der Waals surface area contributed by atoms with Crippen molar-refractivity contribution >= 4 is 11.6 Å². The van der Waals surface area contributed by atoms with Gasteiger partial charge in [-0.2, -0.15) is 0 Å². The average molecular weight is 262 g/mol. The monoisotopic (exact) mass is 261 g/mol. The van der Waals surface area contributed by atoms with Crippen molar-refractivity contribution < 1.29 is 5.11 Å². The van der Waals surface area contributed by atoms with Gasteiger partial charge in [0.05, 0.1) is 0 Å². The number of hydrogen-bond donors (Lipinski definition) is 1. The lowest BCUT2D eigenvalue weighted by molar-refractivity contribution is 0.403. The summed E-state index contributed by atoms with van der Waals surface area (Å²) in [5.74, 6) is 0.276. The highest BCUT2D eigenvalue weighted by molar-refractivity contribution is 6.30. The number of nitrogens with zero attached hydrogens (tertiary/aromatic N) is 1. The van der Waals surface area contributed by atoms with E-state index in [-0.39, 0.29) is 5.75 Å². The van der Waals surface area contributed by atoms with Gasteiger partial charge in [0.2, 0.25) is 0 Å². The van der Waals surface area contributed by atoms with Crippen LogP contribution in [-0.2, 0) is 6.54 Å². The fraction of sp³-hybridized carbons (Fsp3) is 0.200.